The van der Waals surface area contributed by atoms with Gasteiger partial charge in [-0.1, -0.05) is 6.92 Å². The van der Waals surface area contributed by atoms with Crippen LogP contribution in [0.25, 0.3) is 0 Å². The summed E-state index contributed by atoms with van der Waals surface area (Å²) in [5.41, 5.74) is 0. The zero-order valence-corrected chi connectivity index (χ0v) is 9.64. The highest BCUT2D eigenvalue weighted by Gasteiger charge is 2.27. The number of nitrogens with one attached hydrogen (secondary N) is 1. The summed E-state index contributed by atoms with van der Waals surface area (Å²) < 4.78 is 0. The third-order valence-electron chi connectivity index (χ3n) is 2.86. The number of carboxylic acids is 1. The van der Waals surface area contributed by atoms with Gasteiger partial charge in [0.25, 0.3) is 0 Å². The topological polar surface area (TPSA) is 49.3 Å². The van der Waals surface area contributed by atoms with E-state index < -0.39 is 5.97 Å². The molecule has 1 aliphatic rings. The zero-order valence-electron chi connectivity index (χ0n) is 8.82. The SMILES string of the molecule is CCC(NC1CCC(SC)C1)C(=O)O. The monoisotopic (exact) mass is 217 g/mol. The van der Waals surface area contributed by atoms with Gasteiger partial charge in [0.15, 0.2) is 0 Å². The summed E-state index contributed by atoms with van der Waals surface area (Å²) in [6.45, 7) is 1.91. The van der Waals surface area contributed by atoms with E-state index in [9.17, 15) is 4.79 Å². The number of carbonyl (C=O) groups is 1. The molecule has 0 heterocycles. The zero-order chi connectivity index (χ0) is 10.6. The van der Waals surface area contributed by atoms with Crippen molar-refractivity contribution in [3.63, 3.8) is 0 Å². The molecule has 4 heteroatoms. The minimum Gasteiger partial charge on any atom is -0.480 e. The van der Waals surface area contributed by atoms with E-state index in [0.717, 1.165) is 18.1 Å². The Hall–Kier alpha value is -0.220. The van der Waals surface area contributed by atoms with E-state index in [4.69, 9.17) is 5.11 Å². The van der Waals surface area contributed by atoms with E-state index in [1.165, 1.54) is 6.42 Å². The van der Waals surface area contributed by atoms with E-state index in [0.29, 0.717) is 12.5 Å². The van der Waals surface area contributed by atoms with Crippen molar-refractivity contribution < 1.29 is 9.90 Å². The first kappa shape index (κ1) is 11.9. The number of rotatable bonds is 5. The molecule has 0 aromatic rings. The summed E-state index contributed by atoms with van der Waals surface area (Å²) in [7, 11) is 0. The lowest BCUT2D eigenvalue weighted by Crippen LogP contribution is -2.41. The fourth-order valence-corrected chi connectivity index (χ4v) is 2.75. The molecule has 0 bridgehead atoms. The summed E-state index contributed by atoms with van der Waals surface area (Å²) in [6, 6.07) is 0.0501. The molecule has 14 heavy (non-hydrogen) atoms. The number of hydrogen-bond donors (Lipinski definition) is 2. The van der Waals surface area contributed by atoms with Crippen LogP contribution in [0.5, 0.6) is 0 Å². The molecule has 1 aliphatic carbocycles. The van der Waals surface area contributed by atoms with Gasteiger partial charge in [-0.15, -0.1) is 0 Å². The average Bonchev–Trinajstić information content (AvgIpc) is 2.61. The lowest BCUT2D eigenvalue weighted by molar-refractivity contribution is -0.139. The van der Waals surface area contributed by atoms with Gasteiger partial charge in [-0.25, -0.2) is 0 Å². The van der Waals surface area contributed by atoms with Crippen LogP contribution in [0, 0.1) is 0 Å². The normalized spacial score (nSPS) is 29.0. The summed E-state index contributed by atoms with van der Waals surface area (Å²) in [4.78, 5) is 10.8. The fourth-order valence-electron chi connectivity index (χ4n) is 1.95. The Balaban J connectivity index is 2.33. The molecule has 0 radical (unpaired) electrons. The molecule has 0 amide bonds. The van der Waals surface area contributed by atoms with E-state index in [2.05, 4.69) is 11.6 Å². The third kappa shape index (κ3) is 3.17. The first-order chi connectivity index (χ1) is 6.67. The van der Waals surface area contributed by atoms with Crippen molar-refractivity contribution in [1.82, 2.24) is 5.32 Å². The number of carboxylic acid groups (broad SMARTS) is 1. The van der Waals surface area contributed by atoms with E-state index in [-0.39, 0.29) is 6.04 Å². The summed E-state index contributed by atoms with van der Waals surface area (Å²) in [5, 5.41) is 12.8. The van der Waals surface area contributed by atoms with Crippen LogP contribution in [-0.4, -0.2) is 34.7 Å². The first-order valence-corrected chi connectivity index (χ1v) is 6.47. The molecule has 1 fully saturated rings. The molecule has 3 atom stereocenters. The molecule has 2 N–H and O–H groups in total. The Morgan fingerprint density at radius 2 is 2.36 bits per heavy atom. The maximum Gasteiger partial charge on any atom is 0.320 e. The van der Waals surface area contributed by atoms with Crippen molar-refractivity contribution in [3.05, 3.63) is 0 Å². The Kier molecular flexibility index (Phi) is 4.75. The number of thioether (sulfide) groups is 1. The van der Waals surface area contributed by atoms with Crippen molar-refractivity contribution in [1.29, 1.82) is 0 Å². The van der Waals surface area contributed by atoms with Crippen molar-refractivity contribution in [2.45, 2.75) is 49.9 Å². The second-order valence-corrected chi connectivity index (χ2v) is 4.97. The van der Waals surface area contributed by atoms with Crippen LogP contribution in [0.2, 0.25) is 0 Å². The van der Waals surface area contributed by atoms with Crippen LogP contribution in [0.3, 0.4) is 0 Å². The Bertz CT molecular complexity index is 199. The lowest BCUT2D eigenvalue weighted by atomic mass is 10.1. The molecule has 0 aromatic heterocycles. The van der Waals surface area contributed by atoms with Gasteiger partial charge in [0.1, 0.15) is 6.04 Å². The molecular weight excluding hydrogens is 198 g/mol. The predicted octanol–water partition coefficient (Wildman–Crippen LogP) is 1.72. The highest BCUT2D eigenvalue weighted by atomic mass is 32.2. The van der Waals surface area contributed by atoms with Gasteiger partial charge in [0, 0.05) is 11.3 Å². The van der Waals surface area contributed by atoms with Gasteiger partial charge in [-0.2, -0.15) is 11.8 Å². The van der Waals surface area contributed by atoms with Crippen LogP contribution in [0.1, 0.15) is 32.6 Å². The fraction of sp³-hybridized carbons (Fsp3) is 0.900. The van der Waals surface area contributed by atoms with Crippen molar-refractivity contribution in [2.75, 3.05) is 6.26 Å². The number of aliphatic carboxylic acids is 1. The standard InChI is InChI=1S/C10H19NO2S/c1-3-9(10(12)13)11-7-4-5-8(6-7)14-2/h7-9,11H,3-6H2,1-2H3,(H,12,13). The Labute approximate surface area is 89.6 Å². The molecule has 0 saturated heterocycles. The van der Waals surface area contributed by atoms with Crippen LogP contribution in [-0.2, 0) is 4.79 Å². The van der Waals surface area contributed by atoms with Crippen molar-refractivity contribution >= 4 is 17.7 Å². The van der Waals surface area contributed by atoms with Gasteiger partial charge >= 0.3 is 5.97 Å². The van der Waals surface area contributed by atoms with E-state index >= 15 is 0 Å². The average molecular weight is 217 g/mol. The quantitative estimate of drug-likeness (QED) is 0.736. The smallest absolute Gasteiger partial charge is 0.320 e. The third-order valence-corrected chi connectivity index (χ3v) is 3.96. The second-order valence-electron chi connectivity index (χ2n) is 3.83. The molecular formula is C10H19NO2S. The van der Waals surface area contributed by atoms with E-state index in [1.54, 1.807) is 0 Å². The van der Waals surface area contributed by atoms with Crippen LogP contribution >= 0.6 is 11.8 Å². The van der Waals surface area contributed by atoms with Gasteiger partial charge in [-0.3, -0.25) is 4.79 Å². The first-order valence-electron chi connectivity index (χ1n) is 5.19. The molecule has 3 nitrogen and oxygen atoms in total. The molecule has 1 rings (SSSR count). The summed E-state index contributed by atoms with van der Waals surface area (Å²) in [5.74, 6) is -0.722. The highest BCUT2D eigenvalue weighted by Crippen LogP contribution is 2.28. The second kappa shape index (κ2) is 5.61. The minimum atomic E-state index is -0.722. The minimum absolute atomic E-state index is 0.361. The molecule has 3 unspecified atom stereocenters. The maximum atomic E-state index is 10.8. The summed E-state index contributed by atoms with van der Waals surface area (Å²) in [6.07, 6.45) is 6.24. The predicted molar refractivity (Wildman–Crippen MR) is 59.8 cm³/mol. The summed E-state index contributed by atoms with van der Waals surface area (Å²) >= 11 is 1.89. The van der Waals surface area contributed by atoms with Gasteiger partial charge < -0.3 is 10.4 Å². The van der Waals surface area contributed by atoms with Crippen LogP contribution < -0.4 is 5.32 Å². The maximum absolute atomic E-state index is 10.8. The highest BCUT2D eigenvalue weighted by molar-refractivity contribution is 7.99. The molecule has 0 aliphatic heterocycles. The molecule has 1 saturated carbocycles. The van der Waals surface area contributed by atoms with Crippen molar-refractivity contribution in [2.24, 2.45) is 0 Å². The van der Waals surface area contributed by atoms with Gasteiger partial charge in [0.05, 0.1) is 0 Å². The van der Waals surface area contributed by atoms with E-state index in [1.807, 2.05) is 18.7 Å². The number of hydrogen-bond acceptors (Lipinski definition) is 3. The molecule has 82 valence electrons. The lowest BCUT2D eigenvalue weighted by Gasteiger charge is -2.18. The Morgan fingerprint density at radius 1 is 1.64 bits per heavy atom. The van der Waals surface area contributed by atoms with Crippen LogP contribution in [0.15, 0.2) is 0 Å². The largest absolute Gasteiger partial charge is 0.480 e. The van der Waals surface area contributed by atoms with Crippen LogP contribution in [0.4, 0.5) is 0 Å². The van der Waals surface area contributed by atoms with Gasteiger partial charge in [-0.05, 0) is 31.9 Å². The Morgan fingerprint density at radius 3 is 2.79 bits per heavy atom. The van der Waals surface area contributed by atoms with Gasteiger partial charge in [0.2, 0.25) is 0 Å². The van der Waals surface area contributed by atoms with Crippen molar-refractivity contribution in [3.8, 4) is 0 Å². The molecule has 0 spiro atoms. The molecule has 0 aromatic carbocycles.